The molecular weight excluding hydrogens is 530 g/mol. The molecule has 5 heterocycles. The van der Waals surface area contributed by atoms with Crippen molar-refractivity contribution in [2.75, 3.05) is 0 Å². The normalized spacial score (nSPS) is 18.1. The zero-order chi connectivity index (χ0) is 23.8. The lowest BCUT2D eigenvalue weighted by Crippen LogP contribution is -2.38. The average Bonchev–Trinajstić information content (AvgIpc) is 3.64. The van der Waals surface area contributed by atoms with Crippen LogP contribution in [0.5, 0.6) is 0 Å². The second-order valence-corrected chi connectivity index (χ2v) is 10.9. The lowest BCUT2D eigenvalue weighted by molar-refractivity contribution is 0.0925. The smallest absolute Gasteiger partial charge is 0.261 e. The number of hydrogen-bond acceptors (Lipinski definition) is 8. The second-order valence-electron chi connectivity index (χ2n) is 8.43. The maximum Gasteiger partial charge on any atom is 0.261 e. The summed E-state index contributed by atoms with van der Waals surface area (Å²) < 4.78 is 8.05. The van der Waals surface area contributed by atoms with Gasteiger partial charge in [-0.15, -0.1) is 11.3 Å². The topological polar surface area (TPSA) is 112 Å². The van der Waals surface area contributed by atoms with Gasteiger partial charge in [0.2, 0.25) is 12.2 Å². The van der Waals surface area contributed by atoms with Gasteiger partial charge in [0.25, 0.3) is 5.91 Å². The number of halogens is 1. The Morgan fingerprint density at radius 3 is 2.86 bits per heavy atom. The molecule has 5 aromatic heterocycles. The number of nitrogens with one attached hydrogen (secondary N) is 1. The Bertz CT molecular complexity index is 1480. The van der Waals surface area contributed by atoms with E-state index >= 15 is 0 Å². The summed E-state index contributed by atoms with van der Waals surface area (Å²) in [6.45, 7) is 0. The number of thiophene rings is 1. The van der Waals surface area contributed by atoms with E-state index in [0.717, 1.165) is 52.0 Å². The largest absolute Gasteiger partial charge is 0.349 e. The number of aromatic nitrogens is 6. The molecule has 2 unspecified atom stereocenters. The summed E-state index contributed by atoms with van der Waals surface area (Å²) in [6.07, 6.45) is 8.59. The van der Waals surface area contributed by atoms with Crippen molar-refractivity contribution >= 4 is 44.2 Å². The maximum absolute atomic E-state index is 12.8. The summed E-state index contributed by atoms with van der Waals surface area (Å²) in [6, 6.07) is 11.6. The zero-order valence-corrected chi connectivity index (χ0v) is 20.9. The minimum Gasteiger partial charge on any atom is -0.349 e. The van der Waals surface area contributed by atoms with Gasteiger partial charge in [-0.2, -0.15) is 4.98 Å². The Kier molecular flexibility index (Phi) is 5.86. The molecule has 1 N–H and O–H groups in total. The van der Waals surface area contributed by atoms with Crippen molar-refractivity contribution in [3.05, 3.63) is 63.8 Å². The molecule has 6 rings (SSSR count). The van der Waals surface area contributed by atoms with Crippen LogP contribution in [0.2, 0.25) is 0 Å². The van der Waals surface area contributed by atoms with E-state index in [0.29, 0.717) is 16.4 Å². The van der Waals surface area contributed by atoms with E-state index in [1.807, 2.05) is 42.6 Å². The molecule has 0 aliphatic heterocycles. The minimum atomic E-state index is -0.0294. The third-order valence-corrected chi connectivity index (χ3v) is 7.83. The molecule has 9 nitrogen and oxygen atoms in total. The average molecular weight is 550 g/mol. The van der Waals surface area contributed by atoms with Crippen LogP contribution in [0, 0.1) is 0 Å². The molecule has 1 fully saturated rings. The second kappa shape index (κ2) is 9.31. The molecule has 0 spiro atoms. The van der Waals surface area contributed by atoms with Crippen LogP contribution in [0.1, 0.15) is 41.4 Å². The van der Waals surface area contributed by atoms with Gasteiger partial charge >= 0.3 is 0 Å². The van der Waals surface area contributed by atoms with Crippen molar-refractivity contribution in [1.29, 1.82) is 0 Å². The highest BCUT2D eigenvalue weighted by molar-refractivity contribution is 9.11. The lowest BCUT2D eigenvalue weighted by Gasteiger charge is -2.31. The SMILES string of the molecule is O=C(NC1CCCC(n2c(-c3ccccn3)nc3cc(-c4ncon4)ncc32)C1)c1ccc(Br)s1. The Morgan fingerprint density at radius 2 is 2.09 bits per heavy atom. The van der Waals surface area contributed by atoms with E-state index in [2.05, 4.69) is 45.9 Å². The van der Waals surface area contributed by atoms with Crippen LogP contribution >= 0.6 is 27.3 Å². The first-order valence-corrected chi connectivity index (χ1v) is 12.9. The summed E-state index contributed by atoms with van der Waals surface area (Å²) in [5.74, 6) is 1.17. The molecular formula is C24H20BrN7O2S. The van der Waals surface area contributed by atoms with Gasteiger partial charge in [-0.1, -0.05) is 11.2 Å². The van der Waals surface area contributed by atoms with E-state index in [1.54, 1.807) is 6.20 Å². The highest BCUT2D eigenvalue weighted by atomic mass is 79.9. The Labute approximate surface area is 212 Å². The number of carbonyl (C=O) groups is 1. The van der Waals surface area contributed by atoms with Crippen LogP contribution in [0.3, 0.4) is 0 Å². The molecule has 2 atom stereocenters. The number of fused-ring (bicyclic) bond motifs is 1. The van der Waals surface area contributed by atoms with E-state index < -0.39 is 0 Å². The predicted molar refractivity (Wildman–Crippen MR) is 135 cm³/mol. The monoisotopic (exact) mass is 549 g/mol. The Balaban J connectivity index is 1.36. The van der Waals surface area contributed by atoms with Crippen LogP contribution < -0.4 is 5.32 Å². The molecule has 11 heteroatoms. The van der Waals surface area contributed by atoms with Crippen LogP contribution in [-0.2, 0) is 0 Å². The number of carbonyl (C=O) groups excluding carboxylic acids is 1. The molecule has 0 saturated heterocycles. The summed E-state index contributed by atoms with van der Waals surface area (Å²) >= 11 is 4.88. The first-order valence-electron chi connectivity index (χ1n) is 11.3. The highest BCUT2D eigenvalue weighted by Crippen LogP contribution is 2.36. The number of amides is 1. The molecule has 1 aliphatic carbocycles. The van der Waals surface area contributed by atoms with Crippen molar-refractivity contribution < 1.29 is 9.32 Å². The molecule has 0 aromatic carbocycles. The van der Waals surface area contributed by atoms with Crippen LogP contribution in [-0.4, -0.2) is 41.6 Å². The van der Waals surface area contributed by atoms with Crippen molar-refractivity contribution in [1.82, 2.24) is 35.0 Å². The summed E-state index contributed by atoms with van der Waals surface area (Å²) in [5, 5.41) is 7.13. The van der Waals surface area contributed by atoms with Gasteiger partial charge in [0.05, 0.1) is 25.9 Å². The summed E-state index contributed by atoms with van der Waals surface area (Å²) in [5.41, 5.74) is 3.09. The fourth-order valence-corrected chi connectivity index (χ4v) is 5.96. The third kappa shape index (κ3) is 4.37. The quantitative estimate of drug-likeness (QED) is 0.317. The molecule has 1 aliphatic rings. The Hall–Kier alpha value is -3.44. The number of pyridine rings is 2. The van der Waals surface area contributed by atoms with Crippen LogP contribution in [0.25, 0.3) is 34.1 Å². The van der Waals surface area contributed by atoms with E-state index in [-0.39, 0.29) is 18.0 Å². The van der Waals surface area contributed by atoms with Gasteiger partial charge in [-0.05, 0) is 71.9 Å². The predicted octanol–water partition coefficient (Wildman–Crippen LogP) is 5.28. The number of rotatable bonds is 5. The van der Waals surface area contributed by atoms with Crippen molar-refractivity contribution in [2.45, 2.75) is 37.8 Å². The molecule has 1 saturated carbocycles. The van der Waals surface area contributed by atoms with Crippen molar-refractivity contribution in [2.24, 2.45) is 0 Å². The van der Waals surface area contributed by atoms with Crippen LogP contribution in [0.15, 0.2) is 63.5 Å². The number of imidazole rings is 1. The van der Waals surface area contributed by atoms with E-state index in [4.69, 9.17) is 9.51 Å². The molecule has 35 heavy (non-hydrogen) atoms. The first kappa shape index (κ1) is 22.1. The van der Waals surface area contributed by atoms with Gasteiger partial charge in [0, 0.05) is 18.3 Å². The van der Waals surface area contributed by atoms with Gasteiger partial charge < -0.3 is 14.4 Å². The third-order valence-electron chi connectivity index (χ3n) is 6.20. The van der Waals surface area contributed by atoms with Crippen molar-refractivity contribution in [3.63, 3.8) is 0 Å². The molecule has 0 bridgehead atoms. The Morgan fingerprint density at radius 1 is 1.14 bits per heavy atom. The van der Waals surface area contributed by atoms with Crippen LogP contribution in [0.4, 0.5) is 0 Å². The van der Waals surface area contributed by atoms with Crippen molar-refractivity contribution in [3.8, 4) is 23.0 Å². The number of nitrogens with zero attached hydrogens (tertiary/aromatic N) is 6. The van der Waals surface area contributed by atoms with E-state index in [1.165, 1.54) is 17.7 Å². The molecule has 5 aromatic rings. The minimum absolute atomic E-state index is 0.0294. The molecule has 1 amide bonds. The highest BCUT2D eigenvalue weighted by Gasteiger charge is 2.29. The first-order chi connectivity index (χ1) is 17.2. The number of hydrogen-bond donors (Lipinski definition) is 1. The maximum atomic E-state index is 12.8. The van der Waals surface area contributed by atoms with Gasteiger partial charge in [-0.3, -0.25) is 14.8 Å². The standard InChI is InChI=1S/C24H20BrN7O2S/c25-21-8-7-20(35-21)24(33)29-14-4-3-5-15(10-14)32-19-12-27-18(22-28-13-34-31-22)11-17(19)30-23(32)16-6-1-2-9-26-16/h1-2,6-9,11-15H,3-5,10H2,(H,29,33). The lowest BCUT2D eigenvalue weighted by atomic mass is 9.90. The molecule has 0 radical (unpaired) electrons. The fourth-order valence-electron chi connectivity index (χ4n) is 4.67. The zero-order valence-electron chi connectivity index (χ0n) is 18.5. The molecule has 176 valence electrons. The summed E-state index contributed by atoms with van der Waals surface area (Å²) in [7, 11) is 0. The summed E-state index contributed by atoms with van der Waals surface area (Å²) in [4.78, 5) is 31.7. The van der Waals surface area contributed by atoms with Gasteiger partial charge in [0.15, 0.2) is 5.82 Å². The van der Waals surface area contributed by atoms with Gasteiger partial charge in [0.1, 0.15) is 11.4 Å². The van der Waals surface area contributed by atoms with Gasteiger partial charge in [-0.25, -0.2) is 4.98 Å². The van der Waals surface area contributed by atoms with E-state index in [9.17, 15) is 4.79 Å². The fraction of sp³-hybridized carbons (Fsp3) is 0.250.